The fourth-order valence-corrected chi connectivity index (χ4v) is 3.43. The summed E-state index contributed by atoms with van der Waals surface area (Å²) >= 11 is 6.09. The molecule has 2 unspecified atom stereocenters. The van der Waals surface area contributed by atoms with Gasteiger partial charge in [0.1, 0.15) is 11.5 Å². The average molecular weight is 377 g/mol. The minimum absolute atomic E-state index is 0.0433. The molecule has 1 aromatic carbocycles. The second-order valence-corrected chi connectivity index (χ2v) is 6.97. The van der Waals surface area contributed by atoms with E-state index in [0.29, 0.717) is 17.3 Å². The maximum Gasteiger partial charge on any atom is 0.260 e. The zero-order valence-electron chi connectivity index (χ0n) is 15.0. The molecule has 1 fully saturated rings. The van der Waals surface area contributed by atoms with E-state index in [0.717, 1.165) is 18.8 Å². The van der Waals surface area contributed by atoms with Crippen LogP contribution in [-0.2, 0) is 4.79 Å². The van der Waals surface area contributed by atoms with Crippen LogP contribution < -0.4 is 10.1 Å². The maximum atomic E-state index is 12.5. The van der Waals surface area contributed by atoms with Gasteiger partial charge in [0, 0.05) is 6.54 Å². The molecule has 0 saturated carbocycles. The molecule has 3 rings (SSSR count). The number of ether oxygens (including phenoxy) is 1. The van der Waals surface area contributed by atoms with Gasteiger partial charge in [0.25, 0.3) is 5.91 Å². The Morgan fingerprint density at radius 1 is 1.23 bits per heavy atom. The number of amides is 1. The number of halogens is 1. The number of nitrogens with zero attached hydrogens (tertiary/aromatic N) is 1. The van der Waals surface area contributed by atoms with E-state index >= 15 is 0 Å². The second-order valence-electron chi connectivity index (χ2n) is 6.56. The molecule has 2 aromatic rings. The Kier molecular flexibility index (Phi) is 6.58. The molecule has 0 bridgehead atoms. The van der Waals surface area contributed by atoms with Gasteiger partial charge in [-0.05, 0) is 57.1 Å². The van der Waals surface area contributed by atoms with Gasteiger partial charge in [-0.1, -0.05) is 30.2 Å². The first-order chi connectivity index (χ1) is 12.6. The highest BCUT2D eigenvalue weighted by atomic mass is 35.5. The topological polar surface area (TPSA) is 54.7 Å². The third-order valence-corrected chi connectivity index (χ3v) is 4.99. The van der Waals surface area contributed by atoms with Crippen LogP contribution in [0.5, 0.6) is 5.75 Å². The Balaban J connectivity index is 1.59. The summed E-state index contributed by atoms with van der Waals surface area (Å²) in [5.74, 6) is 1.22. The van der Waals surface area contributed by atoms with Gasteiger partial charge in [0.2, 0.25) is 0 Å². The summed E-state index contributed by atoms with van der Waals surface area (Å²) < 4.78 is 11.3. The zero-order valence-corrected chi connectivity index (χ0v) is 15.7. The lowest BCUT2D eigenvalue weighted by atomic mass is 10.1. The predicted octanol–water partition coefficient (Wildman–Crippen LogP) is 4.04. The summed E-state index contributed by atoms with van der Waals surface area (Å²) in [5.41, 5.74) is 0. The van der Waals surface area contributed by atoms with Crippen LogP contribution in [-0.4, -0.2) is 36.5 Å². The number of carbonyl (C=O) groups excluding carboxylic acids is 1. The van der Waals surface area contributed by atoms with Crippen molar-refractivity contribution < 1.29 is 13.9 Å². The smallest absolute Gasteiger partial charge is 0.260 e. The van der Waals surface area contributed by atoms with Crippen molar-refractivity contribution in [1.82, 2.24) is 10.2 Å². The van der Waals surface area contributed by atoms with E-state index in [2.05, 4.69) is 10.2 Å². The average Bonchev–Trinajstić information content (AvgIpc) is 3.19. The van der Waals surface area contributed by atoms with Crippen molar-refractivity contribution in [3.05, 3.63) is 53.4 Å². The third kappa shape index (κ3) is 4.80. The normalized spacial score (nSPS) is 17.5. The Bertz CT molecular complexity index is 699. The van der Waals surface area contributed by atoms with E-state index in [9.17, 15) is 4.79 Å². The van der Waals surface area contributed by atoms with Gasteiger partial charge in [0.15, 0.2) is 6.10 Å². The van der Waals surface area contributed by atoms with E-state index in [-0.39, 0.29) is 11.9 Å². The van der Waals surface area contributed by atoms with Gasteiger partial charge in [-0.3, -0.25) is 9.69 Å². The summed E-state index contributed by atoms with van der Waals surface area (Å²) in [7, 11) is 0. The van der Waals surface area contributed by atoms with Gasteiger partial charge in [0.05, 0.1) is 17.3 Å². The standard InChI is InChI=1S/C20H25ClN2O3/c1-15(26-18-9-4-3-8-16(18)21)20(24)22-14-17(19-10-7-13-25-19)23-11-5-2-6-12-23/h3-4,7-10,13,15,17H,2,5-6,11-12,14H2,1H3,(H,22,24). The monoisotopic (exact) mass is 376 g/mol. The first kappa shape index (κ1) is 18.8. The first-order valence-corrected chi connectivity index (χ1v) is 9.49. The number of hydrogen-bond donors (Lipinski definition) is 1. The molecule has 140 valence electrons. The summed E-state index contributed by atoms with van der Waals surface area (Å²) in [6.45, 7) is 4.25. The number of benzene rings is 1. The molecule has 5 nitrogen and oxygen atoms in total. The maximum absolute atomic E-state index is 12.5. The number of hydrogen-bond acceptors (Lipinski definition) is 4. The number of nitrogens with one attached hydrogen (secondary N) is 1. The highest BCUT2D eigenvalue weighted by Crippen LogP contribution is 2.26. The Hall–Kier alpha value is -1.98. The largest absolute Gasteiger partial charge is 0.479 e. The van der Waals surface area contributed by atoms with E-state index in [1.54, 1.807) is 25.3 Å². The Labute approximate surface area is 159 Å². The van der Waals surface area contributed by atoms with Gasteiger partial charge < -0.3 is 14.5 Å². The van der Waals surface area contributed by atoms with Crippen molar-refractivity contribution in [2.75, 3.05) is 19.6 Å². The number of furan rings is 1. The number of piperidine rings is 1. The van der Waals surface area contributed by atoms with Crippen LogP contribution in [0.2, 0.25) is 5.02 Å². The van der Waals surface area contributed by atoms with Crippen molar-refractivity contribution in [2.24, 2.45) is 0 Å². The number of rotatable bonds is 7. The van der Waals surface area contributed by atoms with E-state index in [1.807, 2.05) is 24.3 Å². The van der Waals surface area contributed by atoms with Gasteiger partial charge in [-0.2, -0.15) is 0 Å². The van der Waals surface area contributed by atoms with Crippen LogP contribution in [0, 0.1) is 0 Å². The van der Waals surface area contributed by atoms with Gasteiger partial charge >= 0.3 is 0 Å². The highest BCUT2D eigenvalue weighted by Gasteiger charge is 2.26. The minimum atomic E-state index is -0.631. The summed E-state index contributed by atoms with van der Waals surface area (Å²) in [6, 6.07) is 11.0. The fourth-order valence-electron chi connectivity index (χ4n) is 3.25. The van der Waals surface area contributed by atoms with Gasteiger partial charge in [-0.15, -0.1) is 0 Å². The second kappa shape index (κ2) is 9.10. The van der Waals surface area contributed by atoms with E-state index in [1.165, 1.54) is 19.3 Å². The molecule has 0 aliphatic carbocycles. The molecular formula is C20H25ClN2O3. The molecular weight excluding hydrogens is 352 g/mol. The molecule has 1 aliphatic rings. The quantitative estimate of drug-likeness (QED) is 0.792. The first-order valence-electron chi connectivity index (χ1n) is 9.11. The minimum Gasteiger partial charge on any atom is -0.479 e. The highest BCUT2D eigenvalue weighted by molar-refractivity contribution is 6.32. The summed E-state index contributed by atoms with van der Waals surface area (Å²) in [6.07, 6.45) is 4.66. The van der Waals surface area contributed by atoms with Crippen LogP contribution in [0.3, 0.4) is 0 Å². The molecule has 1 amide bonds. The molecule has 0 spiro atoms. The number of para-hydroxylation sites is 1. The van der Waals surface area contributed by atoms with Crippen LogP contribution in [0.25, 0.3) is 0 Å². The molecule has 0 radical (unpaired) electrons. The molecule has 6 heteroatoms. The van der Waals surface area contributed by atoms with Crippen LogP contribution in [0.4, 0.5) is 0 Å². The SMILES string of the molecule is CC(Oc1ccccc1Cl)C(=O)NCC(c1ccco1)N1CCCCC1. The molecule has 26 heavy (non-hydrogen) atoms. The van der Waals surface area contributed by atoms with E-state index < -0.39 is 6.10 Å². The third-order valence-electron chi connectivity index (χ3n) is 4.68. The lowest BCUT2D eigenvalue weighted by molar-refractivity contribution is -0.127. The predicted molar refractivity (Wildman–Crippen MR) is 101 cm³/mol. The number of likely N-dealkylation sites (tertiary alicyclic amines) is 1. The molecule has 1 N–H and O–H groups in total. The van der Waals surface area contributed by atoms with Crippen molar-refractivity contribution in [3.63, 3.8) is 0 Å². The fraction of sp³-hybridized carbons (Fsp3) is 0.450. The molecule has 2 atom stereocenters. The molecule has 1 saturated heterocycles. The van der Waals surface area contributed by atoms with Gasteiger partial charge in [-0.25, -0.2) is 0 Å². The van der Waals surface area contributed by atoms with Crippen molar-refractivity contribution >= 4 is 17.5 Å². The lowest BCUT2D eigenvalue weighted by Crippen LogP contribution is -2.43. The van der Waals surface area contributed by atoms with Crippen LogP contribution in [0.1, 0.15) is 38.0 Å². The van der Waals surface area contributed by atoms with Crippen molar-refractivity contribution in [1.29, 1.82) is 0 Å². The number of carbonyl (C=O) groups is 1. The molecule has 1 aliphatic heterocycles. The summed E-state index contributed by atoms with van der Waals surface area (Å²) in [4.78, 5) is 14.9. The lowest BCUT2D eigenvalue weighted by Gasteiger charge is -2.33. The van der Waals surface area contributed by atoms with Crippen LogP contribution >= 0.6 is 11.6 Å². The van der Waals surface area contributed by atoms with Crippen molar-refractivity contribution in [2.45, 2.75) is 38.3 Å². The molecule has 1 aromatic heterocycles. The van der Waals surface area contributed by atoms with Crippen molar-refractivity contribution in [3.8, 4) is 5.75 Å². The zero-order chi connectivity index (χ0) is 18.4. The summed E-state index contributed by atoms with van der Waals surface area (Å²) in [5, 5.41) is 3.49. The van der Waals surface area contributed by atoms with E-state index in [4.69, 9.17) is 20.8 Å². The Morgan fingerprint density at radius 2 is 2.00 bits per heavy atom. The van der Waals surface area contributed by atoms with Crippen LogP contribution in [0.15, 0.2) is 47.1 Å². The Morgan fingerprint density at radius 3 is 2.69 bits per heavy atom. The molecule has 2 heterocycles.